The number of aryl methyl sites for hydroxylation is 1. The number of rotatable bonds is 8. The van der Waals surface area contributed by atoms with Crippen molar-refractivity contribution >= 4 is 34.6 Å². The minimum absolute atomic E-state index is 0.142. The van der Waals surface area contributed by atoms with E-state index in [1.54, 1.807) is 24.4 Å². The van der Waals surface area contributed by atoms with Crippen LogP contribution in [0.15, 0.2) is 79.0 Å². The molecule has 0 spiro atoms. The minimum atomic E-state index is -0.465. The highest BCUT2D eigenvalue weighted by molar-refractivity contribution is 7.80. The molecule has 0 unspecified atom stereocenters. The van der Waals surface area contributed by atoms with Crippen LogP contribution in [0.3, 0.4) is 0 Å². The number of aromatic nitrogens is 2. The SMILES string of the molecule is Cc1cc([C@@H]2[C@@H](c3ccccn3)NC(=S)N2CCC(=O)Nc2ccccc2F)c(C)n1-c1ccc(N2CCOCC2)cc1. The molecule has 222 valence electrons. The van der Waals surface area contributed by atoms with Gasteiger partial charge in [-0.15, -0.1) is 0 Å². The Hall–Kier alpha value is -4.28. The molecule has 10 heteroatoms. The molecular weight excluding hydrogens is 563 g/mol. The topological polar surface area (TPSA) is 74.7 Å². The Morgan fingerprint density at radius 2 is 1.77 bits per heavy atom. The summed E-state index contributed by atoms with van der Waals surface area (Å²) in [6.45, 7) is 7.87. The maximum Gasteiger partial charge on any atom is 0.226 e. The number of pyridine rings is 1. The van der Waals surface area contributed by atoms with Gasteiger partial charge in [0, 0.05) is 55.0 Å². The van der Waals surface area contributed by atoms with Crippen molar-refractivity contribution in [3.63, 3.8) is 0 Å². The maximum atomic E-state index is 14.1. The van der Waals surface area contributed by atoms with Gasteiger partial charge in [-0.25, -0.2) is 4.39 Å². The molecule has 6 rings (SSSR count). The van der Waals surface area contributed by atoms with E-state index in [4.69, 9.17) is 17.0 Å². The largest absolute Gasteiger partial charge is 0.378 e. The third-order valence-corrected chi connectivity index (χ3v) is 8.55. The fourth-order valence-electron chi connectivity index (χ4n) is 6.10. The average Bonchev–Trinajstić information content (AvgIpc) is 3.52. The maximum absolute atomic E-state index is 14.1. The number of para-hydroxylation sites is 1. The second-order valence-electron chi connectivity index (χ2n) is 10.9. The van der Waals surface area contributed by atoms with E-state index in [-0.39, 0.29) is 30.1 Å². The van der Waals surface area contributed by atoms with Crippen molar-refractivity contribution in [3.8, 4) is 5.69 Å². The number of carbonyl (C=O) groups is 1. The van der Waals surface area contributed by atoms with Crippen molar-refractivity contribution in [2.45, 2.75) is 32.4 Å². The predicted molar refractivity (Wildman–Crippen MR) is 170 cm³/mol. The second-order valence-corrected chi connectivity index (χ2v) is 11.3. The number of benzene rings is 2. The molecule has 0 saturated carbocycles. The Labute approximate surface area is 256 Å². The molecule has 8 nitrogen and oxygen atoms in total. The summed E-state index contributed by atoms with van der Waals surface area (Å²) >= 11 is 5.82. The summed E-state index contributed by atoms with van der Waals surface area (Å²) in [7, 11) is 0. The van der Waals surface area contributed by atoms with Crippen molar-refractivity contribution in [2.24, 2.45) is 0 Å². The van der Waals surface area contributed by atoms with Gasteiger partial charge in [0.25, 0.3) is 0 Å². The van der Waals surface area contributed by atoms with Gasteiger partial charge in [0.05, 0.1) is 36.7 Å². The van der Waals surface area contributed by atoms with Crippen molar-refractivity contribution in [3.05, 3.63) is 107 Å². The molecule has 2 aromatic heterocycles. The molecule has 0 aliphatic carbocycles. The summed E-state index contributed by atoms with van der Waals surface area (Å²) < 4.78 is 21.9. The summed E-state index contributed by atoms with van der Waals surface area (Å²) in [5, 5.41) is 6.71. The van der Waals surface area contributed by atoms with Crippen molar-refractivity contribution in [2.75, 3.05) is 43.1 Å². The highest BCUT2D eigenvalue weighted by Gasteiger charge is 2.41. The minimum Gasteiger partial charge on any atom is -0.378 e. The standard InChI is InChI=1S/C33H35FN6O2S/c1-22-21-26(23(2)40(22)25-12-10-24(11-13-25)38-17-19-42-20-18-38)32-31(29-9-5-6-15-35-29)37-33(43)39(32)16-14-30(41)36-28-8-4-3-7-27(28)34/h3-13,15,21,31-32H,14,16-20H2,1-2H3,(H,36,41)(H,37,43)/t31-,32-/m1/s1. The number of thiocarbonyl (C=S) groups is 1. The number of hydrogen-bond donors (Lipinski definition) is 2. The summed E-state index contributed by atoms with van der Waals surface area (Å²) in [4.78, 5) is 21.9. The quantitative estimate of drug-likeness (QED) is 0.261. The van der Waals surface area contributed by atoms with Crippen LogP contribution in [0.25, 0.3) is 5.69 Å². The lowest BCUT2D eigenvalue weighted by atomic mass is 9.96. The van der Waals surface area contributed by atoms with Crippen LogP contribution in [-0.4, -0.2) is 58.3 Å². The molecule has 0 bridgehead atoms. The van der Waals surface area contributed by atoms with Crippen molar-refractivity contribution in [1.29, 1.82) is 0 Å². The number of ether oxygens (including phenoxy) is 1. The van der Waals surface area contributed by atoms with E-state index in [0.717, 1.165) is 54.6 Å². The molecule has 0 radical (unpaired) electrons. The fourth-order valence-corrected chi connectivity index (χ4v) is 6.43. The third-order valence-electron chi connectivity index (χ3n) is 8.20. The van der Waals surface area contributed by atoms with E-state index in [0.29, 0.717) is 11.7 Å². The molecule has 4 aromatic rings. The van der Waals surface area contributed by atoms with Crippen LogP contribution in [0.5, 0.6) is 0 Å². The van der Waals surface area contributed by atoms with Gasteiger partial charge < -0.3 is 29.7 Å². The van der Waals surface area contributed by atoms with E-state index in [9.17, 15) is 9.18 Å². The summed E-state index contributed by atoms with van der Waals surface area (Å²) in [5.74, 6) is -0.744. The number of amides is 1. The Balaban J connectivity index is 1.29. The van der Waals surface area contributed by atoms with Crippen LogP contribution in [0.1, 0.15) is 41.1 Å². The molecule has 2 aliphatic rings. The van der Waals surface area contributed by atoms with E-state index < -0.39 is 5.82 Å². The molecule has 2 aliphatic heterocycles. The van der Waals surface area contributed by atoms with Crippen LogP contribution in [0.2, 0.25) is 0 Å². The van der Waals surface area contributed by atoms with Crippen molar-refractivity contribution in [1.82, 2.24) is 19.8 Å². The number of halogens is 1. The zero-order chi connectivity index (χ0) is 29.9. The van der Waals surface area contributed by atoms with E-state index >= 15 is 0 Å². The number of carbonyl (C=O) groups excluding carboxylic acids is 1. The van der Waals surface area contributed by atoms with Crippen LogP contribution in [0.4, 0.5) is 15.8 Å². The van der Waals surface area contributed by atoms with Gasteiger partial charge in [0.15, 0.2) is 5.11 Å². The normalized spacial score (nSPS) is 18.5. The lowest BCUT2D eigenvalue weighted by molar-refractivity contribution is -0.116. The molecule has 43 heavy (non-hydrogen) atoms. The fraction of sp³-hybridized carbons (Fsp3) is 0.303. The zero-order valence-corrected chi connectivity index (χ0v) is 25.1. The van der Waals surface area contributed by atoms with Gasteiger partial charge in [-0.05, 0) is 86.2 Å². The highest BCUT2D eigenvalue weighted by Crippen LogP contribution is 2.41. The third kappa shape index (κ3) is 5.98. The van der Waals surface area contributed by atoms with Crippen LogP contribution in [0, 0.1) is 19.7 Å². The number of anilines is 2. The van der Waals surface area contributed by atoms with Gasteiger partial charge >= 0.3 is 0 Å². The molecule has 2 N–H and O–H groups in total. The van der Waals surface area contributed by atoms with Gasteiger partial charge in [0.1, 0.15) is 5.82 Å². The summed E-state index contributed by atoms with van der Waals surface area (Å²) in [6, 6.07) is 22.5. The molecule has 4 heterocycles. The molecule has 1 amide bonds. The van der Waals surface area contributed by atoms with Gasteiger partial charge in [0.2, 0.25) is 5.91 Å². The lowest BCUT2D eigenvalue weighted by Gasteiger charge is -2.29. The first-order valence-electron chi connectivity index (χ1n) is 14.5. The predicted octanol–water partition coefficient (Wildman–Crippen LogP) is 5.47. The summed E-state index contributed by atoms with van der Waals surface area (Å²) in [6.07, 6.45) is 1.92. The first kappa shape index (κ1) is 28.8. The van der Waals surface area contributed by atoms with Gasteiger partial charge in [-0.2, -0.15) is 0 Å². The smallest absolute Gasteiger partial charge is 0.226 e. The number of hydrogen-bond acceptors (Lipinski definition) is 5. The Morgan fingerprint density at radius 3 is 2.49 bits per heavy atom. The Kier molecular flexibility index (Phi) is 8.40. The van der Waals surface area contributed by atoms with Crippen LogP contribution >= 0.6 is 12.2 Å². The highest BCUT2D eigenvalue weighted by atomic mass is 32.1. The van der Waals surface area contributed by atoms with Crippen LogP contribution in [-0.2, 0) is 9.53 Å². The van der Waals surface area contributed by atoms with E-state index in [2.05, 4.69) is 74.2 Å². The van der Waals surface area contributed by atoms with Gasteiger partial charge in [-0.1, -0.05) is 18.2 Å². The molecule has 2 saturated heterocycles. The number of nitrogens with zero attached hydrogens (tertiary/aromatic N) is 4. The van der Waals surface area contributed by atoms with E-state index in [1.165, 1.54) is 11.8 Å². The molecule has 2 aromatic carbocycles. The van der Waals surface area contributed by atoms with Gasteiger partial charge in [-0.3, -0.25) is 9.78 Å². The Bertz CT molecular complexity index is 1600. The molecule has 2 fully saturated rings. The number of morpholine rings is 1. The second kappa shape index (κ2) is 12.5. The van der Waals surface area contributed by atoms with Crippen molar-refractivity contribution < 1.29 is 13.9 Å². The first-order valence-corrected chi connectivity index (χ1v) is 15.0. The molecule has 2 atom stereocenters. The van der Waals surface area contributed by atoms with E-state index in [1.807, 2.05) is 18.2 Å². The average molecular weight is 599 g/mol. The lowest BCUT2D eigenvalue weighted by Crippen LogP contribution is -2.36. The molecular formula is C33H35FN6O2S. The zero-order valence-electron chi connectivity index (χ0n) is 24.3. The van der Waals surface area contributed by atoms with Crippen LogP contribution < -0.4 is 15.5 Å². The Morgan fingerprint density at radius 1 is 1.05 bits per heavy atom. The number of nitrogens with one attached hydrogen (secondary N) is 2. The monoisotopic (exact) mass is 598 g/mol. The summed E-state index contributed by atoms with van der Waals surface area (Å²) in [5.41, 5.74) is 6.60. The first-order chi connectivity index (χ1) is 20.9.